The van der Waals surface area contributed by atoms with Crippen molar-refractivity contribution in [3.8, 4) is 0 Å². The first-order valence-corrected chi connectivity index (χ1v) is 8.90. The van der Waals surface area contributed by atoms with Crippen LogP contribution < -0.4 is 4.90 Å². The van der Waals surface area contributed by atoms with Crippen molar-refractivity contribution in [2.75, 3.05) is 18.0 Å². The Morgan fingerprint density at radius 3 is 2.75 bits per heavy atom. The lowest BCUT2D eigenvalue weighted by molar-refractivity contribution is 0.0696. The molecule has 3 aromatic rings. The molecular formula is C18H17N3O2S. The van der Waals surface area contributed by atoms with Gasteiger partial charge < -0.3 is 10.0 Å². The molecule has 0 bridgehead atoms. The van der Waals surface area contributed by atoms with Crippen LogP contribution in [0, 0.1) is 0 Å². The molecule has 122 valence electrons. The largest absolute Gasteiger partial charge is 0.478 e. The van der Waals surface area contributed by atoms with Gasteiger partial charge in [0, 0.05) is 19.5 Å². The van der Waals surface area contributed by atoms with Crippen LogP contribution in [-0.2, 0) is 6.42 Å². The van der Waals surface area contributed by atoms with Gasteiger partial charge in [0.05, 0.1) is 15.8 Å². The molecule has 0 spiro atoms. The lowest BCUT2D eigenvalue weighted by atomic mass is 10.0. The molecule has 0 amide bonds. The van der Waals surface area contributed by atoms with Crippen molar-refractivity contribution in [3.05, 3.63) is 52.7 Å². The fraction of sp³-hybridized carbons (Fsp3) is 0.278. The van der Waals surface area contributed by atoms with Crippen molar-refractivity contribution in [3.63, 3.8) is 0 Å². The van der Waals surface area contributed by atoms with Gasteiger partial charge in [-0.3, -0.25) is 0 Å². The van der Waals surface area contributed by atoms with Crippen LogP contribution in [0.2, 0.25) is 0 Å². The van der Waals surface area contributed by atoms with Gasteiger partial charge >= 0.3 is 5.97 Å². The second kappa shape index (κ2) is 6.20. The summed E-state index contributed by atoms with van der Waals surface area (Å²) in [6.45, 7) is 2.05. The first-order chi connectivity index (χ1) is 11.7. The summed E-state index contributed by atoms with van der Waals surface area (Å²) in [5.41, 5.74) is 2.00. The normalized spacial score (nSPS) is 14.4. The molecule has 1 saturated heterocycles. The van der Waals surface area contributed by atoms with E-state index >= 15 is 0 Å². The van der Waals surface area contributed by atoms with E-state index in [1.165, 1.54) is 12.8 Å². The number of thiophene rings is 1. The lowest BCUT2D eigenvalue weighted by Gasteiger charge is -2.18. The maximum absolute atomic E-state index is 11.4. The number of fused-ring (bicyclic) bond motifs is 1. The van der Waals surface area contributed by atoms with Gasteiger partial charge in [-0.1, -0.05) is 18.2 Å². The van der Waals surface area contributed by atoms with Gasteiger partial charge in [-0.15, -0.1) is 11.3 Å². The number of hydrogen-bond acceptors (Lipinski definition) is 5. The molecule has 0 aliphatic carbocycles. The summed E-state index contributed by atoms with van der Waals surface area (Å²) in [5, 5.41) is 11.4. The maximum Gasteiger partial charge on any atom is 0.335 e. The molecule has 5 nitrogen and oxygen atoms in total. The molecular weight excluding hydrogens is 322 g/mol. The van der Waals surface area contributed by atoms with Crippen LogP contribution in [0.1, 0.15) is 34.6 Å². The molecule has 1 N–H and O–H groups in total. The number of nitrogens with zero attached hydrogens (tertiary/aromatic N) is 3. The highest BCUT2D eigenvalue weighted by Gasteiger charge is 2.19. The highest BCUT2D eigenvalue weighted by atomic mass is 32.1. The fourth-order valence-electron chi connectivity index (χ4n) is 3.17. The summed E-state index contributed by atoms with van der Waals surface area (Å²) in [4.78, 5) is 23.2. The van der Waals surface area contributed by atoms with Gasteiger partial charge in [0.25, 0.3) is 0 Å². The topological polar surface area (TPSA) is 66.3 Å². The van der Waals surface area contributed by atoms with Crippen molar-refractivity contribution >= 4 is 33.3 Å². The van der Waals surface area contributed by atoms with Gasteiger partial charge in [0.2, 0.25) is 0 Å². The predicted molar refractivity (Wildman–Crippen MR) is 95.1 cm³/mol. The smallest absolute Gasteiger partial charge is 0.335 e. The quantitative estimate of drug-likeness (QED) is 0.787. The Morgan fingerprint density at radius 1 is 1.17 bits per heavy atom. The number of benzene rings is 1. The molecule has 24 heavy (non-hydrogen) atoms. The number of carboxylic acid groups (broad SMARTS) is 1. The third kappa shape index (κ3) is 2.73. The van der Waals surface area contributed by atoms with Gasteiger partial charge in [-0.2, -0.15) is 0 Å². The molecule has 1 aliphatic rings. The molecule has 1 aliphatic heterocycles. The molecule has 0 unspecified atom stereocenters. The fourth-order valence-corrected chi connectivity index (χ4v) is 4.02. The second-order valence-electron chi connectivity index (χ2n) is 5.93. The van der Waals surface area contributed by atoms with Gasteiger partial charge in [0.15, 0.2) is 0 Å². The molecule has 0 saturated carbocycles. The molecule has 1 aromatic carbocycles. The standard InChI is InChI=1S/C18H17N3O2S/c22-18(23)13-6-2-1-5-12(13)11-15-19-14-7-10-24-16(14)17(20-15)21-8-3-4-9-21/h1-2,5-7,10H,3-4,8-9,11H2,(H,22,23). The van der Waals surface area contributed by atoms with E-state index in [-0.39, 0.29) is 0 Å². The Hall–Kier alpha value is -2.47. The zero-order valence-corrected chi connectivity index (χ0v) is 13.9. The molecule has 4 rings (SSSR count). The monoisotopic (exact) mass is 339 g/mol. The van der Waals surface area contributed by atoms with Crippen molar-refractivity contribution in [2.45, 2.75) is 19.3 Å². The maximum atomic E-state index is 11.4. The minimum absolute atomic E-state index is 0.314. The molecule has 2 aromatic heterocycles. The lowest BCUT2D eigenvalue weighted by Crippen LogP contribution is -2.20. The number of carbonyl (C=O) groups is 1. The van der Waals surface area contributed by atoms with Gasteiger partial charge in [-0.05, 0) is 35.9 Å². The van der Waals surface area contributed by atoms with Crippen molar-refractivity contribution in [2.24, 2.45) is 0 Å². The number of rotatable bonds is 4. The molecule has 1 fully saturated rings. The SMILES string of the molecule is O=C(O)c1ccccc1Cc1nc(N2CCCC2)c2sccc2n1. The summed E-state index contributed by atoms with van der Waals surface area (Å²) >= 11 is 1.66. The Balaban J connectivity index is 1.76. The van der Waals surface area contributed by atoms with E-state index in [1.807, 2.05) is 23.6 Å². The highest BCUT2D eigenvalue weighted by molar-refractivity contribution is 7.17. The minimum Gasteiger partial charge on any atom is -0.478 e. The third-order valence-corrected chi connectivity index (χ3v) is 5.23. The van der Waals surface area contributed by atoms with Crippen molar-refractivity contribution < 1.29 is 9.90 Å². The number of carboxylic acids is 1. The Labute approximate surface area is 143 Å². The molecule has 3 heterocycles. The third-order valence-electron chi connectivity index (χ3n) is 4.33. The van der Waals surface area contributed by atoms with Crippen LogP contribution in [-0.4, -0.2) is 34.1 Å². The first kappa shape index (κ1) is 15.1. The van der Waals surface area contributed by atoms with Crippen molar-refractivity contribution in [1.82, 2.24) is 9.97 Å². The average Bonchev–Trinajstić information content (AvgIpc) is 3.26. The van der Waals surface area contributed by atoms with E-state index < -0.39 is 5.97 Å². The van der Waals surface area contributed by atoms with E-state index in [1.54, 1.807) is 23.5 Å². The minimum atomic E-state index is -0.915. The van der Waals surface area contributed by atoms with Crippen LogP contribution in [0.3, 0.4) is 0 Å². The van der Waals surface area contributed by atoms with E-state index in [2.05, 4.69) is 9.88 Å². The summed E-state index contributed by atoms with van der Waals surface area (Å²) in [5.74, 6) is 0.758. The van der Waals surface area contributed by atoms with E-state index in [0.29, 0.717) is 17.8 Å². The van der Waals surface area contributed by atoms with Gasteiger partial charge in [0.1, 0.15) is 11.6 Å². The summed E-state index contributed by atoms with van der Waals surface area (Å²) in [6.07, 6.45) is 2.80. The Bertz CT molecular complexity index is 900. The summed E-state index contributed by atoms with van der Waals surface area (Å²) < 4.78 is 1.12. The molecule has 6 heteroatoms. The van der Waals surface area contributed by atoms with E-state index in [0.717, 1.165) is 34.7 Å². The number of aromatic carboxylic acids is 1. The van der Waals surface area contributed by atoms with Crippen LogP contribution in [0.4, 0.5) is 5.82 Å². The zero-order chi connectivity index (χ0) is 16.5. The average molecular weight is 339 g/mol. The predicted octanol–water partition coefficient (Wildman–Crippen LogP) is 3.58. The van der Waals surface area contributed by atoms with Crippen LogP contribution >= 0.6 is 11.3 Å². The van der Waals surface area contributed by atoms with Crippen LogP contribution in [0.15, 0.2) is 35.7 Å². The second-order valence-corrected chi connectivity index (χ2v) is 6.85. The van der Waals surface area contributed by atoms with Crippen molar-refractivity contribution in [1.29, 1.82) is 0 Å². The van der Waals surface area contributed by atoms with E-state index in [9.17, 15) is 9.90 Å². The highest BCUT2D eigenvalue weighted by Crippen LogP contribution is 2.31. The number of anilines is 1. The summed E-state index contributed by atoms with van der Waals surface area (Å²) in [6, 6.07) is 9.06. The van der Waals surface area contributed by atoms with E-state index in [4.69, 9.17) is 4.98 Å². The Kier molecular flexibility index (Phi) is 3.90. The van der Waals surface area contributed by atoms with Crippen LogP contribution in [0.5, 0.6) is 0 Å². The first-order valence-electron chi connectivity index (χ1n) is 8.02. The van der Waals surface area contributed by atoms with Crippen LogP contribution in [0.25, 0.3) is 10.2 Å². The molecule has 0 atom stereocenters. The Morgan fingerprint density at radius 2 is 1.96 bits per heavy atom. The molecule has 0 radical (unpaired) electrons. The number of hydrogen-bond donors (Lipinski definition) is 1. The number of aromatic nitrogens is 2. The summed E-state index contributed by atoms with van der Waals surface area (Å²) in [7, 11) is 0. The zero-order valence-electron chi connectivity index (χ0n) is 13.1. The van der Waals surface area contributed by atoms with Gasteiger partial charge in [-0.25, -0.2) is 14.8 Å².